The lowest BCUT2D eigenvalue weighted by atomic mass is 10.00. The van der Waals surface area contributed by atoms with Gasteiger partial charge >= 0.3 is 11.9 Å². The van der Waals surface area contributed by atoms with Gasteiger partial charge in [-0.1, -0.05) is 17.9 Å². The Morgan fingerprint density at radius 3 is 2.56 bits per heavy atom. The van der Waals surface area contributed by atoms with E-state index in [0.717, 1.165) is 29.2 Å². The number of halogens is 3. The van der Waals surface area contributed by atoms with Gasteiger partial charge in [-0.2, -0.15) is 18.2 Å². The molecule has 238 valence electrons. The van der Waals surface area contributed by atoms with Crippen molar-refractivity contribution >= 4 is 78.3 Å². The minimum absolute atomic E-state index is 0.0569. The molecule has 4 aromatic rings. The highest BCUT2D eigenvalue weighted by Gasteiger charge is 2.40. The first-order chi connectivity index (χ1) is 21.3. The van der Waals surface area contributed by atoms with E-state index < -0.39 is 36.0 Å². The lowest BCUT2D eigenvalue weighted by Gasteiger charge is -2.44. The van der Waals surface area contributed by atoms with Crippen molar-refractivity contribution < 1.29 is 27.5 Å². The Kier molecular flexibility index (Phi) is 8.07. The van der Waals surface area contributed by atoms with E-state index in [9.17, 15) is 14.4 Å². The number of amides is 2. The molecule has 1 unspecified atom stereocenters. The van der Waals surface area contributed by atoms with Crippen molar-refractivity contribution in [3.05, 3.63) is 40.1 Å². The lowest BCUT2D eigenvalue weighted by molar-refractivity contribution is -0.137. The predicted octanol–water partition coefficient (Wildman–Crippen LogP) is 3.92. The van der Waals surface area contributed by atoms with E-state index in [1.807, 2.05) is 13.8 Å². The zero-order valence-corrected chi connectivity index (χ0v) is 26.5. The summed E-state index contributed by atoms with van der Waals surface area (Å²) < 4.78 is 52.9. The average molecular weight is 680 g/mol. The van der Waals surface area contributed by atoms with Crippen molar-refractivity contribution in [3.8, 4) is 10.4 Å². The third-order valence-corrected chi connectivity index (χ3v) is 11.0. The largest absolute Gasteiger partial charge is 0.417 e. The first kappa shape index (κ1) is 31.3. The molecule has 0 spiro atoms. The van der Waals surface area contributed by atoms with Crippen molar-refractivity contribution in [2.45, 2.75) is 49.7 Å². The molecule has 1 saturated heterocycles. The maximum absolute atomic E-state index is 15.1. The monoisotopic (exact) mass is 679 g/mol. The molecular formula is C28H28F3N7O4S3. The Labute approximate surface area is 266 Å². The minimum Gasteiger partial charge on any atom is -0.375 e. The summed E-state index contributed by atoms with van der Waals surface area (Å²) in [5, 5.41) is 2.08. The predicted molar refractivity (Wildman–Crippen MR) is 170 cm³/mol. The van der Waals surface area contributed by atoms with E-state index in [2.05, 4.69) is 16.5 Å². The van der Waals surface area contributed by atoms with Gasteiger partial charge in [-0.3, -0.25) is 14.2 Å². The second kappa shape index (κ2) is 11.6. The van der Waals surface area contributed by atoms with Crippen molar-refractivity contribution in [2.75, 3.05) is 36.1 Å². The second-order valence-corrected chi connectivity index (χ2v) is 13.9. The standard InChI is InChI=1S/C28H28F3N7O4S3/c1-4-19(40)38-12(2)6-36(7-13(38)3)25-15-5-16(28(29,30)31)20(23-21-17(11-44-23)45-26(33)34-21)24-22(15)37(27(41)35-25)8-14(10-43-24)42-9-18(32)39/h4-5,11-14H,1,6-10H2,2-3H3,(H2,32,39)(H2,33,34)/t12-,13+,14?. The molecule has 5 heterocycles. The van der Waals surface area contributed by atoms with Crippen LogP contribution in [0.5, 0.6) is 0 Å². The number of hydrogen-bond donors (Lipinski definition) is 2. The molecule has 3 aromatic heterocycles. The Morgan fingerprint density at radius 2 is 1.91 bits per heavy atom. The number of alkyl halides is 3. The van der Waals surface area contributed by atoms with Crippen LogP contribution in [0, 0.1) is 0 Å². The average Bonchev–Trinajstić information content (AvgIpc) is 3.45. The number of primary amides is 1. The van der Waals surface area contributed by atoms with Crippen LogP contribution in [0.4, 0.5) is 24.1 Å². The normalized spacial score (nSPS) is 20.5. The van der Waals surface area contributed by atoms with E-state index in [0.29, 0.717) is 10.2 Å². The number of nitrogens with two attached hydrogens (primary N) is 2. The second-order valence-electron chi connectivity index (χ2n) is 10.9. The van der Waals surface area contributed by atoms with Crippen LogP contribution in [0.25, 0.3) is 31.6 Å². The number of nitrogens with zero attached hydrogens (tertiary/aromatic N) is 5. The summed E-state index contributed by atoms with van der Waals surface area (Å²) in [6.45, 7) is 7.21. The quantitative estimate of drug-likeness (QED) is 0.289. The van der Waals surface area contributed by atoms with Crippen LogP contribution in [0.15, 0.2) is 33.8 Å². The Hall–Kier alpha value is -3.67. The molecule has 1 aromatic carbocycles. The number of hydrogen-bond acceptors (Lipinski definition) is 11. The van der Waals surface area contributed by atoms with Gasteiger partial charge in [0.05, 0.1) is 33.3 Å². The number of thiazole rings is 1. The van der Waals surface area contributed by atoms with Gasteiger partial charge in [-0.05, 0) is 26.0 Å². The maximum atomic E-state index is 15.1. The summed E-state index contributed by atoms with van der Waals surface area (Å²) in [7, 11) is 0. The molecule has 1 fully saturated rings. The molecule has 0 aliphatic carbocycles. The highest BCUT2D eigenvalue weighted by atomic mass is 32.2. The summed E-state index contributed by atoms with van der Waals surface area (Å²) in [6, 6.07) is 0.367. The highest BCUT2D eigenvalue weighted by molar-refractivity contribution is 7.99. The first-order valence-electron chi connectivity index (χ1n) is 13.8. The summed E-state index contributed by atoms with van der Waals surface area (Å²) >= 11 is 3.41. The molecule has 0 radical (unpaired) electrons. The van der Waals surface area contributed by atoms with Crippen molar-refractivity contribution in [2.24, 2.45) is 5.73 Å². The molecular weight excluding hydrogens is 652 g/mol. The summed E-state index contributed by atoms with van der Waals surface area (Å²) in [5.74, 6) is -0.743. The lowest BCUT2D eigenvalue weighted by Crippen LogP contribution is -2.58. The van der Waals surface area contributed by atoms with Crippen molar-refractivity contribution in [1.29, 1.82) is 0 Å². The van der Waals surface area contributed by atoms with E-state index in [4.69, 9.17) is 16.2 Å². The zero-order valence-electron chi connectivity index (χ0n) is 24.1. The maximum Gasteiger partial charge on any atom is 0.417 e. The number of aromatic nitrogens is 3. The van der Waals surface area contributed by atoms with Crippen LogP contribution < -0.4 is 22.1 Å². The number of thiophene rings is 1. The number of thioether (sulfide) groups is 1. The molecule has 0 bridgehead atoms. The molecule has 4 N–H and O–H groups in total. The van der Waals surface area contributed by atoms with Crippen LogP contribution in [-0.2, 0) is 27.0 Å². The Bertz CT molecular complexity index is 1910. The van der Waals surface area contributed by atoms with E-state index >= 15 is 13.2 Å². The Balaban J connectivity index is 1.63. The van der Waals surface area contributed by atoms with Gasteiger partial charge in [0.15, 0.2) is 5.13 Å². The molecule has 0 saturated carbocycles. The number of rotatable bonds is 6. The number of nitrogen functional groups attached to an aromatic ring is 1. The van der Waals surface area contributed by atoms with Crippen LogP contribution in [-0.4, -0.2) is 74.9 Å². The third kappa shape index (κ3) is 5.55. The van der Waals surface area contributed by atoms with Gasteiger partial charge in [-0.25, -0.2) is 9.78 Å². The molecule has 6 rings (SSSR count). The fourth-order valence-electron chi connectivity index (χ4n) is 6.10. The number of carbonyl (C=O) groups excluding carboxylic acids is 2. The van der Waals surface area contributed by atoms with E-state index in [1.165, 1.54) is 22.0 Å². The van der Waals surface area contributed by atoms with E-state index in [1.54, 1.807) is 15.2 Å². The number of anilines is 2. The van der Waals surface area contributed by atoms with Gasteiger partial charge in [0, 0.05) is 52.2 Å². The highest BCUT2D eigenvalue weighted by Crippen LogP contribution is 2.51. The topological polar surface area (TPSA) is 150 Å². The smallest absolute Gasteiger partial charge is 0.375 e. The summed E-state index contributed by atoms with van der Waals surface area (Å²) in [6.07, 6.45) is -4.29. The summed E-state index contributed by atoms with van der Waals surface area (Å²) in [4.78, 5) is 50.4. The SMILES string of the molecule is C=CC(=O)N1[C@H](C)CN(c2nc(=O)n3c4c(c(-c5scc6sc(N)nc56)c(C(F)(F)F)cc24)SCC(OCC(N)=O)C3)C[C@@H]1C. The zero-order chi connectivity index (χ0) is 32.4. The van der Waals surface area contributed by atoms with Crippen LogP contribution in [0.3, 0.4) is 0 Å². The molecule has 11 nitrogen and oxygen atoms in total. The minimum atomic E-state index is -4.79. The van der Waals surface area contributed by atoms with Crippen LogP contribution in [0.2, 0.25) is 0 Å². The molecule has 3 atom stereocenters. The number of piperazine rings is 1. The fraction of sp³-hybridized carbons (Fsp3) is 0.393. The van der Waals surface area contributed by atoms with Crippen molar-refractivity contribution in [3.63, 3.8) is 0 Å². The van der Waals surface area contributed by atoms with Gasteiger partial charge in [0.2, 0.25) is 11.8 Å². The molecule has 2 amide bonds. The fourth-order valence-corrected chi connectivity index (χ4v) is 9.37. The third-order valence-electron chi connectivity index (χ3n) is 7.81. The van der Waals surface area contributed by atoms with E-state index in [-0.39, 0.29) is 80.6 Å². The van der Waals surface area contributed by atoms with Crippen LogP contribution >= 0.6 is 34.4 Å². The van der Waals surface area contributed by atoms with Crippen LogP contribution in [0.1, 0.15) is 19.4 Å². The number of carbonyl (C=O) groups is 2. The molecule has 17 heteroatoms. The summed E-state index contributed by atoms with van der Waals surface area (Å²) in [5.41, 5.74) is 10.2. The van der Waals surface area contributed by atoms with Gasteiger partial charge in [-0.15, -0.1) is 23.1 Å². The number of benzene rings is 1. The van der Waals surface area contributed by atoms with Gasteiger partial charge < -0.3 is 26.0 Å². The van der Waals surface area contributed by atoms with Gasteiger partial charge in [0.25, 0.3) is 0 Å². The molecule has 2 aliphatic heterocycles. The molecule has 45 heavy (non-hydrogen) atoms. The first-order valence-corrected chi connectivity index (χ1v) is 16.5. The number of ether oxygens (including phenoxy) is 1. The molecule has 2 aliphatic rings. The Morgan fingerprint density at radius 1 is 1.20 bits per heavy atom. The number of fused-ring (bicyclic) bond motifs is 1. The van der Waals surface area contributed by atoms with Gasteiger partial charge in [0.1, 0.15) is 17.9 Å². The van der Waals surface area contributed by atoms with Crippen molar-refractivity contribution in [1.82, 2.24) is 19.4 Å².